The van der Waals surface area contributed by atoms with Crippen LogP contribution in [-0.4, -0.2) is 55.0 Å². The highest BCUT2D eigenvalue weighted by atomic mass is 32.2. The number of amides is 1. The molecule has 2 heterocycles. The van der Waals surface area contributed by atoms with E-state index in [0.717, 1.165) is 42.0 Å². The molecule has 1 atom stereocenters. The second kappa shape index (κ2) is 8.10. The third kappa shape index (κ3) is 3.85. The van der Waals surface area contributed by atoms with Gasteiger partial charge in [-0.3, -0.25) is 23.5 Å². The minimum atomic E-state index is -1.03. The average molecular weight is 420 g/mol. The van der Waals surface area contributed by atoms with E-state index in [2.05, 4.69) is 9.97 Å². The van der Waals surface area contributed by atoms with Crippen molar-refractivity contribution in [2.45, 2.75) is 48.8 Å². The quantitative estimate of drug-likeness (QED) is 0.401. The molecule has 0 spiro atoms. The SMILES string of the molecule is CC(=O)C(Sc1nc(C2CCCC2)nc2c1c(=O)n(C)c(=O)n2C)C(=O)N(C)C. The molecule has 2 aromatic heterocycles. The van der Waals surface area contributed by atoms with Crippen LogP contribution in [0.4, 0.5) is 0 Å². The van der Waals surface area contributed by atoms with Crippen LogP contribution in [0.5, 0.6) is 0 Å². The first-order chi connectivity index (χ1) is 13.6. The van der Waals surface area contributed by atoms with Crippen LogP contribution in [0.1, 0.15) is 44.3 Å². The maximum Gasteiger partial charge on any atom is 0.332 e. The van der Waals surface area contributed by atoms with Crippen molar-refractivity contribution in [3.63, 3.8) is 0 Å². The molecule has 0 radical (unpaired) electrons. The van der Waals surface area contributed by atoms with Gasteiger partial charge in [0.15, 0.2) is 11.4 Å². The normalized spacial score (nSPS) is 15.6. The fraction of sp³-hybridized carbons (Fsp3) is 0.579. The Balaban J connectivity index is 2.28. The van der Waals surface area contributed by atoms with Crippen molar-refractivity contribution in [2.75, 3.05) is 14.1 Å². The van der Waals surface area contributed by atoms with Gasteiger partial charge in [-0.2, -0.15) is 0 Å². The van der Waals surface area contributed by atoms with Gasteiger partial charge in [0, 0.05) is 34.1 Å². The van der Waals surface area contributed by atoms with Crippen molar-refractivity contribution in [1.82, 2.24) is 24.0 Å². The first kappa shape index (κ1) is 21.2. The molecule has 1 aliphatic rings. The van der Waals surface area contributed by atoms with Gasteiger partial charge in [0.25, 0.3) is 5.56 Å². The number of ketones is 1. The van der Waals surface area contributed by atoms with Crippen molar-refractivity contribution in [3.05, 3.63) is 26.7 Å². The predicted octanol–water partition coefficient (Wildman–Crippen LogP) is 0.823. The molecule has 1 unspecified atom stereocenters. The Morgan fingerprint density at radius 3 is 2.28 bits per heavy atom. The lowest BCUT2D eigenvalue weighted by molar-refractivity contribution is -0.132. The second-order valence-corrected chi connectivity index (χ2v) is 8.71. The van der Waals surface area contributed by atoms with Crippen molar-refractivity contribution < 1.29 is 9.59 Å². The number of rotatable bonds is 5. The van der Waals surface area contributed by atoms with Gasteiger partial charge in [-0.05, 0) is 19.8 Å². The largest absolute Gasteiger partial charge is 0.347 e. The molecule has 1 fully saturated rings. The van der Waals surface area contributed by atoms with Gasteiger partial charge in [-0.1, -0.05) is 24.6 Å². The lowest BCUT2D eigenvalue weighted by Crippen LogP contribution is -2.38. The standard InChI is InChI=1S/C19H25N5O4S/c1-10(25)13(18(27)22(2)3)29-16-12-15(23(4)19(28)24(5)17(12)26)20-14(21-16)11-8-6-7-9-11/h11,13H,6-9H2,1-5H3. The zero-order chi connectivity index (χ0) is 21.5. The maximum atomic E-state index is 12.9. The summed E-state index contributed by atoms with van der Waals surface area (Å²) >= 11 is 0.953. The number of carbonyl (C=O) groups excluding carboxylic acids is 2. The molecule has 156 valence electrons. The summed E-state index contributed by atoms with van der Waals surface area (Å²) in [5.41, 5.74) is -0.790. The van der Waals surface area contributed by atoms with Crippen LogP contribution < -0.4 is 11.2 Å². The Morgan fingerprint density at radius 2 is 1.72 bits per heavy atom. The Morgan fingerprint density at radius 1 is 1.10 bits per heavy atom. The molecule has 1 saturated carbocycles. The summed E-state index contributed by atoms with van der Waals surface area (Å²) in [5.74, 6) is -0.0126. The third-order valence-corrected chi connectivity index (χ3v) is 6.56. The van der Waals surface area contributed by atoms with Crippen LogP contribution >= 0.6 is 11.8 Å². The van der Waals surface area contributed by atoms with E-state index in [0.29, 0.717) is 5.82 Å². The number of aromatic nitrogens is 4. The van der Waals surface area contributed by atoms with E-state index >= 15 is 0 Å². The number of carbonyl (C=O) groups is 2. The van der Waals surface area contributed by atoms with Gasteiger partial charge in [-0.25, -0.2) is 14.8 Å². The molecule has 3 rings (SSSR count). The summed E-state index contributed by atoms with van der Waals surface area (Å²) in [7, 11) is 6.08. The summed E-state index contributed by atoms with van der Waals surface area (Å²) in [6.45, 7) is 1.34. The van der Waals surface area contributed by atoms with E-state index in [1.54, 1.807) is 21.1 Å². The minimum Gasteiger partial charge on any atom is -0.347 e. The molecule has 1 aliphatic carbocycles. The zero-order valence-corrected chi connectivity index (χ0v) is 18.1. The van der Waals surface area contributed by atoms with E-state index < -0.39 is 16.5 Å². The molecule has 0 saturated heterocycles. The number of Topliss-reactive ketones (excluding diaryl/α,β-unsaturated/α-hetero) is 1. The number of thioether (sulfide) groups is 1. The first-order valence-corrected chi connectivity index (χ1v) is 10.4. The molecule has 10 heteroatoms. The third-order valence-electron chi connectivity index (χ3n) is 5.27. The van der Waals surface area contributed by atoms with Crippen molar-refractivity contribution in [2.24, 2.45) is 14.1 Å². The minimum absolute atomic E-state index is 0.137. The van der Waals surface area contributed by atoms with E-state index in [9.17, 15) is 19.2 Å². The summed E-state index contributed by atoms with van der Waals surface area (Å²) in [5, 5.41) is -0.607. The van der Waals surface area contributed by atoms with Crippen molar-refractivity contribution in [3.8, 4) is 0 Å². The highest BCUT2D eigenvalue weighted by molar-refractivity contribution is 8.01. The molecule has 0 aromatic carbocycles. The molecule has 0 aliphatic heterocycles. The fourth-order valence-electron chi connectivity index (χ4n) is 3.55. The van der Waals surface area contributed by atoms with Gasteiger partial charge < -0.3 is 4.90 Å². The Kier molecular flexibility index (Phi) is 5.92. The smallest absolute Gasteiger partial charge is 0.332 e. The van der Waals surface area contributed by atoms with Gasteiger partial charge in [0.05, 0.1) is 0 Å². The summed E-state index contributed by atoms with van der Waals surface area (Å²) in [4.78, 5) is 60.6. The molecule has 0 N–H and O–H groups in total. The first-order valence-electron chi connectivity index (χ1n) is 9.49. The van der Waals surface area contributed by atoms with Gasteiger partial charge in [0.2, 0.25) is 5.91 Å². The van der Waals surface area contributed by atoms with Crippen LogP contribution in [0.15, 0.2) is 14.6 Å². The summed E-state index contributed by atoms with van der Waals surface area (Å²) < 4.78 is 2.30. The van der Waals surface area contributed by atoms with Crippen LogP contribution in [0.3, 0.4) is 0 Å². The van der Waals surface area contributed by atoms with Crippen LogP contribution in [0.25, 0.3) is 11.0 Å². The molecule has 0 bridgehead atoms. The Labute approximate surface area is 172 Å². The molecule has 9 nitrogen and oxygen atoms in total. The van der Waals surface area contributed by atoms with Gasteiger partial charge in [0.1, 0.15) is 21.5 Å². The van der Waals surface area contributed by atoms with Crippen molar-refractivity contribution in [1.29, 1.82) is 0 Å². The number of hydrogen-bond donors (Lipinski definition) is 0. The van der Waals surface area contributed by atoms with Gasteiger partial charge >= 0.3 is 5.69 Å². The Bertz CT molecular complexity index is 1100. The van der Waals surface area contributed by atoms with Gasteiger partial charge in [-0.15, -0.1) is 0 Å². The predicted molar refractivity (Wildman–Crippen MR) is 110 cm³/mol. The molecule has 2 aromatic rings. The highest BCUT2D eigenvalue weighted by Gasteiger charge is 2.30. The van der Waals surface area contributed by atoms with Crippen LogP contribution in [-0.2, 0) is 23.7 Å². The Hall–Kier alpha value is -2.49. The highest BCUT2D eigenvalue weighted by Crippen LogP contribution is 2.35. The second-order valence-electron chi connectivity index (χ2n) is 7.61. The summed E-state index contributed by atoms with van der Waals surface area (Å²) in [6, 6.07) is 0. The summed E-state index contributed by atoms with van der Waals surface area (Å²) in [6.07, 6.45) is 4.00. The molecular formula is C19H25N5O4S. The topological polar surface area (TPSA) is 107 Å². The van der Waals surface area contributed by atoms with Crippen LogP contribution in [0, 0.1) is 0 Å². The monoisotopic (exact) mass is 419 g/mol. The molecule has 1 amide bonds. The number of hydrogen-bond acceptors (Lipinski definition) is 7. The van der Waals surface area contributed by atoms with E-state index in [4.69, 9.17) is 0 Å². The average Bonchev–Trinajstić information content (AvgIpc) is 3.22. The number of fused-ring (bicyclic) bond motifs is 1. The molecular weight excluding hydrogens is 394 g/mol. The van der Waals surface area contributed by atoms with E-state index in [-0.39, 0.29) is 33.7 Å². The number of nitrogens with zero attached hydrogens (tertiary/aromatic N) is 5. The van der Waals surface area contributed by atoms with E-state index in [1.165, 1.54) is 23.4 Å². The van der Waals surface area contributed by atoms with Crippen LogP contribution in [0.2, 0.25) is 0 Å². The zero-order valence-electron chi connectivity index (χ0n) is 17.3. The van der Waals surface area contributed by atoms with Crippen molar-refractivity contribution >= 4 is 34.5 Å². The lowest BCUT2D eigenvalue weighted by atomic mass is 10.1. The lowest BCUT2D eigenvalue weighted by Gasteiger charge is -2.19. The molecule has 29 heavy (non-hydrogen) atoms. The maximum absolute atomic E-state index is 12.9. The van der Waals surface area contributed by atoms with E-state index in [1.807, 2.05) is 0 Å². The number of aryl methyl sites for hydroxylation is 1. The fourth-order valence-corrected chi connectivity index (χ4v) is 4.69.